The van der Waals surface area contributed by atoms with Gasteiger partial charge in [-0.15, -0.1) is 23.7 Å². The molecule has 1 aromatic heterocycles. The Bertz CT molecular complexity index is 319. The van der Waals surface area contributed by atoms with Crippen LogP contribution < -0.4 is 10.1 Å². The lowest BCUT2D eigenvalue weighted by Gasteiger charge is -2.31. The molecule has 1 aliphatic rings. The molecule has 3 nitrogen and oxygen atoms in total. The zero-order chi connectivity index (χ0) is 10.7. The van der Waals surface area contributed by atoms with Crippen molar-refractivity contribution < 1.29 is 4.74 Å². The van der Waals surface area contributed by atoms with E-state index in [0.717, 1.165) is 31.9 Å². The van der Waals surface area contributed by atoms with Crippen LogP contribution in [0.3, 0.4) is 0 Å². The van der Waals surface area contributed by atoms with E-state index >= 15 is 0 Å². The Labute approximate surface area is 107 Å². The standard InChI is InChI=1S/C11H18N2OS.ClH/c1-9-7-13(5-4-12-9)8-11-10(14-2)3-6-15-11;/h3,6,9,12H,4-5,7-8H2,1-2H3;1H/t9-;/m0./s1. The summed E-state index contributed by atoms with van der Waals surface area (Å²) in [5.41, 5.74) is 0. The summed E-state index contributed by atoms with van der Waals surface area (Å²) in [5.74, 6) is 1.03. The average molecular weight is 263 g/mol. The van der Waals surface area contributed by atoms with Crippen LogP contribution in [0.5, 0.6) is 5.75 Å². The predicted octanol–water partition coefficient (Wildman–Crippen LogP) is 1.97. The van der Waals surface area contributed by atoms with Gasteiger partial charge >= 0.3 is 0 Å². The number of halogens is 1. The van der Waals surface area contributed by atoms with E-state index in [9.17, 15) is 0 Å². The Hall–Kier alpha value is -0.290. The van der Waals surface area contributed by atoms with E-state index in [2.05, 4.69) is 22.5 Å². The van der Waals surface area contributed by atoms with Crippen LogP contribution in [-0.2, 0) is 6.54 Å². The van der Waals surface area contributed by atoms with Crippen molar-refractivity contribution in [2.24, 2.45) is 0 Å². The molecule has 1 fully saturated rings. The lowest BCUT2D eigenvalue weighted by molar-refractivity contribution is 0.199. The molecule has 0 aromatic carbocycles. The Balaban J connectivity index is 0.00000128. The van der Waals surface area contributed by atoms with Gasteiger partial charge < -0.3 is 10.1 Å². The van der Waals surface area contributed by atoms with Crippen molar-refractivity contribution in [2.75, 3.05) is 26.7 Å². The highest BCUT2D eigenvalue weighted by atomic mass is 35.5. The minimum Gasteiger partial charge on any atom is -0.496 e. The predicted molar refractivity (Wildman–Crippen MR) is 70.9 cm³/mol. The highest BCUT2D eigenvalue weighted by Gasteiger charge is 2.17. The van der Waals surface area contributed by atoms with Crippen LogP contribution in [0.2, 0.25) is 0 Å². The van der Waals surface area contributed by atoms with E-state index < -0.39 is 0 Å². The molecular weight excluding hydrogens is 244 g/mol. The van der Waals surface area contributed by atoms with Gasteiger partial charge in [0.15, 0.2) is 0 Å². The maximum atomic E-state index is 5.32. The summed E-state index contributed by atoms with van der Waals surface area (Å²) in [7, 11) is 1.74. The van der Waals surface area contributed by atoms with Gasteiger partial charge in [-0.25, -0.2) is 0 Å². The fourth-order valence-electron chi connectivity index (χ4n) is 1.98. The molecule has 0 aliphatic carbocycles. The van der Waals surface area contributed by atoms with E-state index in [1.807, 2.05) is 6.07 Å². The second-order valence-electron chi connectivity index (χ2n) is 4.00. The lowest BCUT2D eigenvalue weighted by Crippen LogP contribution is -2.48. The number of hydrogen-bond acceptors (Lipinski definition) is 4. The van der Waals surface area contributed by atoms with Crippen molar-refractivity contribution in [3.63, 3.8) is 0 Å². The summed E-state index contributed by atoms with van der Waals surface area (Å²) >= 11 is 1.78. The molecule has 2 rings (SSSR count). The van der Waals surface area contributed by atoms with Crippen LogP contribution in [0.25, 0.3) is 0 Å². The molecule has 1 atom stereocenters. The number of thiophene rings is 1. The number of nitrogens with one attached hydrogen (secondary N) is 1. The molecule has 92 valence electrons. The van der Waals surface area contributed by atoms with Gasteiger partial charge in [-0.2, -0.15) is 0 Å². The SMILES string of the molecule is COc1ccsc1CN1CCN[C@@H](C)C1.Cl. The molecular formula is C11H19ClN2OS. The average Bonchev–Trinajstić information content (AvgIpc) is 2.65. The molecule has 2 heterocycles. The molecule has 1 N–H and O–H groups in total. The molecule has 0 radical (unpaired) electrons. The monoisotopic (exact) mass is 262 g/mol. The molecule has 0 amide bonds. The van der Waals surface area contributed by atoms with Gasteiger partial charge in [-0.1, -0.05) is 0 Å². The summed E-state index contributed by atoms with van der Waals surface area (Å²) in [6.45, 7) is 6.60. The van der Waals surface area contributed by atoms with Crippen molar-refractivity contribution >= 4 is 23.7 Å². The minimum absolute atomic E-state index is 0. The van der Waals surface area contributed by atoms with E-state index in [-0.39, 0.29) is 12.4 Å². The third kappa shape index (κ3) is 3.35. The lowest BCUT2D eigenvalue weighted by atomic mass is 10.2. The van der Waals surface area contributed by atoms with Crippen LogP contribution >= 0.6 is 23.7 Å². The van der Waals surface area contributed by atoms with Crippen molar-refractivity contribution in [1.82, 2.24) is 10.2 Å². The third-order valence-corrected chi connectivity index (χ3v) is 3.63. The number of rotatable bonds is 3. The van der Waals surface area contributed by atoms with E-state index in [4.69, 9.17) is 4.74 Å². The number of hydrogen-bond donors (Lipinski definition) is 1. The Morgan fingerprint density at radius 1 is 1.62 bits per heavy atom. The van der Waals surface area contributed by atoms with Gasteiger partial charge in [0.1, 0.15) is 5.75 Å². The van der Waals surface area contributed by atoms with Gasteiger partial charge in [-0.05, 0) is 18.4 Å². The van der Waals surface area contributed by atoms with Crippen molar-refractivity contribution in [2.45, 2.75) is 19.5 Å². The van der Waals surface area contributed by atoms with Crippen LogP contribution in [-0.4, -0.2) is 37.7 Å². The summed E-state index contributed by atoms with van der Waals surface area (Å²) < 4.78 is 5.32. The summed E-state index contributed by atoms with van der Waals surface area (Å²) in [5, 5.41) is 5.55. The second-order valence-corrected chi connectivity index (χ2v) is 5.00. The Morgan fingerprint density at radius 3 is 3.12 bits per heavy atom. The molecule has 1 aromatic rings. The van der Waals surface area contributed by atoms with E-state index in [1.54, 1.807) is 18.4 Å². The highest BCUT2D eigenvalue weighted by molar-refractivity contribution is 7.10. The Kier molecular flexibility index (Phi) is 5.55. The zero-order valence-corrected chi connectivity index (χ0v) is 11.4. The van der Waals surface area contributed by atoms with Gasteiger partial charge in [0, 0.05) is 32.2 Å². The first-order chi connectivity index (χ1) is 7.29. The number of piperazine rings is 1. The maximum Gasteiger partial charge on any atom is 0.134 e. The number of nitrogens with zero attached hydrogens (tertiary/aromatic N) is 1. The summed E-state index contributed by atoms with van der Waals surface area (Å²) in [6, 6.07) is 2.65. The minimum atomic E-state index is 0. The first-order valence-corrected chi connectivity index (χ1v) is 6.23. The smallest absolute Gasteiger partial charge is 0.134 e. The second kappa shape index (κ2) is 6.45. The summed E-state index contributed by atoms with van der Waals surface area (Å²) in [4.78, 5) is 3.82. The van der Waals surface area contributed by atoms with E-state index in [1.165, 1.54) is 4.88 Å². The topological polar surface area (TPSA) is 24.5 Å². The normalized spacial score (nSPS) is 21.5. The molecule has 0 spiro atoms. The largest absolute Gasteiger partial charge is 0.496 e. The molecule has 0 bridgehead atoms. The van der Waals surface area contributed by atoms with Crippen LogP contribution in [0.15, 0.2) is 11.4 Å². The van der Waals surface area contributed by atoms with Crippen molar-refractivity contribution in [3.8, 4) is 5.75 Å². The molecule has 16 heavy (non-hydrogen) atoms. The number of ether oxygens (including phenoxy) is 1. The molecule has 5 heteroatoms. The van der Waals surface area contributed by atoms with Gasteiger partial charge in [0.2, 0.25) is 0 Å². The fraction of sp³-hybridized carbons (Fsp3) is 0.636. The molecule has 0 saturated carbocycles. The Morgan fingerprint density at radius 2 is 2.44 bits per heavy atom. The molecule has 1 aliphatic heterocycles. The third-order valence-electron chi connectivity index (χ3n) is 2.74. The van der Waals surface area contributed by atoms with Crippen LogP contribution in [0.1, 0.15) is 11.8 Å². The summed E-state index contributed by atoms with van der Waals surface area (Å²) in [6.07, 6.45) is 0. The first kappa shape index (κ1) is 13.8. The van der Waals surface area contributed by atoms with E-state index in [0.29, 0.717) is 6.04 Å². The van der Waals surface area contributed by atoms with Crippen LogP contribution in [0, 0.1) is 0 Å². The van der Waals surface area contributed by atoms with Gasteiger partial charge in [-0.3, -0.25) is 4.90 Å². The fourth-order valence-corrected chi connectivity index (χ4v) is 2.87. The maximum absolute atomic E-state index is 5.32. The van der Waals surface area contributed by atoms with Gasteiger partial charge in [0.25, 0.3) is 0 Å². The number of methoxy groups -OCH3 is 1. The zero-order valence-electron chi connectivity index (χ0n) is 9.73. The molecule has 1 saturated heterocycles. The first-order valence-electron chi connectivity index (χ1n) is 5.35. The van der Waals surface area contributed by atoms with Gasteiger partial charge in [0.05, 0.1) is 12.0 Å². The highest BCUT2D eigenvalue weighted by Crippen LogP contribution is 2.26. The van der Waals surface area contributed by atoms with Crippen molar-refractivity contribution in [1.29, 1.82) is 0 Å². The van der Waals surface area contributed by atoms with Crippen LogP contribution in [0.4, 0.5) is 0 Å². The van der Waals surface area contributed by atoms with Crippen molar-refractivity contribution in [3.05, 3.63) is 16.3 Å². The molecule has 0 unspecified atom stereocenters. The quantitative estimate of drug-likeness (QED) is 0.902.